The van der Waals surface area contributed by atoms with Gasteiger partial charge in [0.2, 0.25) is 0 Å². The van der Waals surface area contributed by atoms with Gasteiger partial charge in [-0.2, -0.15) is 0 Å². The van der Waals surface area contributed by atoms with Crippen LogP contribution in [0.25, 0.3) is 0 Å². The Hall–Kier alpha value is -0.600. The van der Waals surface area contributed by atoms with E-state index in [-0.39, 0.29) is 0 Å². The van der Waals surface area contributed by atoms with E-state index in [0.29, 0.717) is 5.92 Å². The fourth-order valence-electron chi connectivity index (χ4n) is 1.64. The van der Waals surface area contributed by atoms with Crippen LogP contribution in [0.5, 0.6) is 0 Å². The predicted molar refractivity (Wildman–Crippen MR) is 70.4 cm³/mol. The Labute approximate surface area is 99.6 Å². The van der Waals surface area contributed by atoms with Gasteiger partial charge in [0.15, 0.2) is 0 Å². The number of aryl methyl sites for hydroxylation is 3. The lowest BCUT2D eigenvalue weighted by Crippen LogP contribution is -1.88. The summed E-state index contributed by atoms with van der Waals surface area (Å²) in [7, 11) is 0. The van der Waals surface area contributed by atoms with Gasteiger partial charge < -0.3 is 0 Å². The fraction of sp³-hybridized carbons (Fsp3) is 0.385. The number of hydrogen-bond acceptors (Lipinski definition) is 2. The molecule has 0 N–H and O–H groups in total. The van der Waals surface area contributed by atoms with Crippen molar-refractivity contribution in [3.05, 3.63) is 43.3 Å². The van der Waals surface area contributed by atoms with E-state index in [0.717, 1.165) is 0 Å². The monoisotopic (exact) mass is 236 g/mol. The van der Waals surface area contributed by atoms with E-state index < -0.39 is 0 Å². The topological polar surface area (TPSA) is 0 Å². The molecule has 0 saturated heterocycles. The van der Waals surface area contributed by atoms with E-state index in [1.165, 1.54) is 25.1 Å². The molecule has 0 saturated carbocycles. The summed E-state index contributed by atoms with van der Waals surface area (Å²) in [6, 6.07) is 6.80. The van der Waals surface area contributed by atoms with Gasteiger partial charge in [-0.05, 0) is 44.5 Å². The van der Waals surface area contributed by atoms with Crippen LogP contribution >= 0.6 is 22.7 Å². The maximum absolute atomic E-state index is 2.33. The SMILES string of the molecule is Cc1ccc([C@@H](C)c2cc(C)c(C)s2)s1. The molecule has 1 atom stereocenters. The Kier molecular flexibility index (Phi) is 2.98. The molecule has 0 spiro atoms. The minimum Gasteiger partial charge on any atom is -0.145 e. The van der Waals surface area contributed by atoms with Crippen molar-refractivity contribution in [2.45, 2.75) is 33.6 Å². The third kappa shape index (κ3) is 2.16. The summed E-state index contributed by atoms with van der Waals surface area (Å²) in [4.78, 5) is 5.83. The highest BCUT2D eigenvalue weighted by Gasteiger charge is 2.13. The van der Waals surface area contributed by atoms with E-state index in [4.69, 9.17) is 0 Å². The van der Waals surface area contributed by atoms with Crippen LogP contribution < -0.4 is 0 Å². The van der Waals surface area contributed by atoms with Crippen LogP contribution in [0.2, 0.25) is 0 Å². The number of rotatable bonds is 2. The molecule has 0 aliphatic carbocycles. The van der Waals surface area contributed by atoms with Gasteiger partial charge in [0.1, 0.15) is 0 Å². The quantitative estimate of drug-likeness (QED) is 0.696. The molecule has 0 aliphatic rings. The summed E-state index contributed by atoms with van der Waals surface area (Å²) in [5.74, 6) is 0.557. The molecule has 2 heterocycles. The highest BCUT2D eigenvalue weighted by atomic mass is 32.1. The van der Waals surface area contributed by atoms with E-state index >= 15 is 0 Å². The molecular weight excluding hydrogens is 220 g/mol. The van der Waals surface area contributed by atoms with Gasteiger partial charge in [-0.15, -0.1) is 22.7 Å². The molecule has 2 heteroatoms. The largest absolute Gasteiger partial charge is 0.145 e. The molecule has 0 nitrogen and oxygen atoms in total. The minimum atomic E-state index is 0.557. The van der Waals surface area contributed by atoms with E-state index in [9.17, 15) is 0 Å². The predicted octanol–water partition coefficient (Wildman–Crippen LogP) is 4.89. The zero-order valence-corrected chi connectivity index (χ0v) is 11.3. The van der Waals surface area contributed by atoms with E-state index in [1.807, 2.05) is 22.7 Å². The third-order valence-electron chi connectivity index (χ3n) is 2.80. The van der Waals surface area contributed by atoms with Crippen molar-refractivity contribution in [2.24, 2.45) is 0 Å². The molecule has 15 heavy (non-hydrogen) atoms. The van der Waals surface area contributed by atoms with Gasteiger partial charge in [-0.1, -0.05) is 6.92 Å². The first kappa shape index (κ1) is 10.9. The highest BCUT2D eigenvalue weighted by molar-refractivity contribution is 7.13. The van der Waals surface area contributed by atoms with Crippen molar-refractivity contribution in [1.82, 2.24) is 0 Å². The van der Waals surface area contributed by atoms with Crippen molar-refractivity contribution in [3.63, 3.8) is 0 Å². The lowest BCUT2D eigenvalue weighted by Gasteiger charge is -2.05. The van der Waals surface area contributed by atoms with Crippen molar-refractivity contribution in [2.75, 3.05) is 0 Å². The Morgan fingerprint density at radius 3 is 2.20 bits per heavy atom. The summed E-state index contributed by atoms with van der Waals surface area (Å²) >= 11 is 3.85. The molecule has 0 aliphatic heterocycles. The van der Waals surface area contributed by atoms with E-state index in [2.05, 4.69) is 45.9 Å². The van der Waals surface area contributed by atoms with Crippen LogP contribution in [0.3, 0.4) is 0 Å². The zero-order valence-electron chi connectivity index (χ0n) is 9.63. The van der Waals surface area contributed by atoms with Gasteiger partial charge >= 0.3 is 0 Å². The van der Waals surface area contributed by atoms with Gasteiger partial charge in [-0.3, -0.25) is 0 Å². The molecule has 0 amide bonds. The first-order chi connectivity index (χ1) is 7.08. The van der Waals surface area contributed by atoms with Crippen molar-refractivity contribution < 1.29 is 0 Å². The maximum atomic E-state index is 2.33. The summed E-state index contributed by atoms with van der Waals surface area (Å²) < 4.78 is 0. The Morgan fingerprint density at radius 1 is 1.00 bits per heavy atom. The average Bonchev–Trinajstić information content (AvgIpc) is 2.74. The van der Waals surface area contributed by atoms with Gasteiger partial charge in [-0.25, -0.2) is 0 Å². The van der Waals surface area contributed by atoms with Crippen LogP contribution in [0.4, 0.5) is 0 Å². The molecule has 2 rings (SSSR count). The zero-order chi connectivity index (χ0) is 11.0. The molecule has 2 aromatic rings. The summed E-state index contributed by atoms with van der Waals surface area (Å²) in [5.41, 5.74) is 1.43. The summed E-state index contributed by atoms with van der Waals surface area (Å²) in [5, 5.41) is 0. The van der Waals surface area contributed by atoms with Crippen LogP contribution in [0.15, 0.2) is 18.2 Å². The molecule has 0 radical (unpaired) electrons. The smallest absolute Gasteiger partial charge is 0.0250 e. The summed E-state index contributed by atoms with van der Waals surface area (Å²) in [6.45, 7) is 8.87. The molecular formula is C13H16S2. The van der Waals surface area contributed by atoms with Crippen LogP contribution in [0.1, 0.15) is 37.9 Å². The number of hydrogen-bond donors (Lipinski definition) is 0. The normalized spacial score (nSPS) is 13.1. The molecule has 2 aromatic heterocycles. The molecule has 0 unspecified atom stereocenters. The maximum Gasteiger partial charge on any atom is 0.0250 e. The Balaban J connectivity index is 2.31. The van der Waals surface area contributed by atoms with E-state index in [1.54, 1.807) is 0 Å². The Bertz CT molecular complexity index is 443. The Morgan fingerprint density at radius 2 is 1.73 bits per heavy atom. The van der Waals surface area contributed by atoms with Crippen LogP contribution in [-0.4, -0.2) is 0 Å². The highest BCUT2D eigenvalue weighted by Crippen LogP contribution is 2.35. The van der Waals surface area contributed by atoms with Crippen molar-refractivity contribution >= 4 is 22.7 Å². The summed E-state index contributed by atoms with van der Waals surface area (Å²) in [6.07, 6.45) is 0. The van der Waals surface area contributed by atoms with Crippen molar-refractivity contribution in [3.8, 4) is 0 Å². The second-order valence-corrected chi connectivity index (χ2v) is 6.67. The second kappa shape index (κ2) is 4.11. The van der Waals surface area contributed by atoms with Crippen molar-refractivity contribution in [1.29, 1.82) is 0 Å². The van der Waals surface area contributed by atoms with Crippen LogP contribution in [-0.2, 0) is 0 Å². The minimum absolute atomic E-state index is 0.557. The van der Waals surface area contributed by atoms with Crippen LogP contribution in [0, 0.1) is 20.8 Å². The molecule has 0 bridgehead atoms. The standard InChI is InChI=1S/C13H16S2/c1-8-7-13(15-11(8)4)10(3)12-6-5-9(2)14-12/h5-7,10H,1-4H3/t10-/m1/s1. The average molecular weight is 236 g/mol. The lowest BCUT2D eigenvalue weighted by atomic mass is 10.1. The molecule has 80 valence electrons. The first-order valence-electron chi connectivity index (χ1n) is 5.21. The second-order valence-electron chi connectivity index (χ2n) is 4.06. The van der Waals surface area contributed by atoms with Gasteiger partial charge in [0.05, 0.1) is 0 Å². The van der Waals surface area contributed by atoms with Gasteiger partial charge in [0, 0.05) is 25.4 Å². The molecule has 0 fully saturated rings. The first-order valence-corrected chi connectivity index (χ1v) is 6.84. The van der Waals surface area contributed by atoms with Gasteiger partial charge in [0.25, 0.3) is 0 Å². The number of thiophene rings is 2. The third-order valence-corrected chi connectivity index (χ3v) is 5.32. The molecule has 0 aromatic carbocycles. The fourth-order valence-corrected chi connectivity index (χ4v) is 3.78. The lowest BCUT2D eigenvalue weighted by molar-refractivity contribution is 0.974.